The molecule has 3 aromatic rings. The van der Waals surface area contributed by atoms with Gasteiger partial charge >= 0.3 is 0 Å². The van der Waals surface area contributed by atoms with Gasteiger partial charge in [-0.15, -0.1) is 0 Å². The largest absolute Gasteiger partial charge is 0.457 e. The summed E-state index contributed by atoms with van der Waals surface area (Å²) in [5.74, 6) is 1.03. The number of halogens is 1. The number of piperazine rings is 1. The van der Waals surface area contributed by atoms with Crippen molar-refractivity contribution in [2.24, 2.45) is 0 Å². The lowest BCUT2D eigenvalue weighted by atomic mass is 10.1. The molecule has 1 heterocycles. The summed E-state index contributed by atoms with van der Waals surface area (Å²) in [7, 11) is -3.72. The molecule has 0 radical (unpaired) electrons. The molecule has 1 amide bonds. The lowest BCUT2D eigenvalue weighted by molar-refractivity contribution is -0.132. The van der Waals surface area contributed by atoms with Crippen LogP contribution in [0.1, 0.15) is 12.5 Å². The molecule has 0 aromatic heterocycles. The van der Waals surface area contributed by atoms with Crippen LogP contribution in [0, 0.1) is 6.92 Å². The molecule has 0 unspecified atom stereocenters. The van der Waals surface area contributed by atoms with Crippen molar-refractivity contribution in [2.75, 3.05) is 41.6 Å². The van der Waals surface area contributed by atoms with Crippen molar-refractivity contribution in [3.8, 4) is 11.5 Å². The Hall–Kier alpha value is -3.23. The summed E-state index contributed by atoms with van der Waals surface area (Å²) in [4.78, 5) is 17.3. The first-order valence-electron chi connectivity index (χ1n) is 11.8. The van der Waals surface area contributed by atoms with Gasteiger partial charge in [-0.25, -0.2) is 8.42 Å². The van der Waals surface area contributed by atoms with E-state index in [1.807, 2.05) is 55.5 Å². The Balaban J connectivity index is 1.46. The predicted octanol–water partition coefficient (Wildman–Crippen LogP) is 4.94. The van der Waals surface area contributed by atoms with Crippen LogP contribution in [0.25, 0.3) is 0 Å². The molecule has 1 aliphatic rings. The molecule has 4 rings (SSSR count). The molecule has 1 atom stereocenters. The van der Waals surface area contributed by atoms with Crippen molar-refractivity contribution in [1.29, 1.82) is 0 Å². The number of sulfonamides is 1. The summed E-state index contributed by atoms with van der Waals surface area (Å²) < 4.78 is 32.5. The van der Waals surface area contributed by atoms with Gasteiger partial charge in [0.2, 0.25) is 15.9 Å². The fourth-order valence-corrected chi connectivity index (χ4v) is 5.78. The number of nitrogens with zero attached hydrogens (tertiary/aromatic N) is 3. The highest BCUT2D eigenvalue weighted by Crippen LogP contribution is 2.28. The molecule has 0 N–H and O–H groups in total. The second-order valence-corrected chi connectivity index (χ2v) is 11.2. The Morgan fingerprint density at radius 1 is 0.944 bits per heavy atom. The van der Waals surface area contributed by atoms with E-state index in [0.29, 0.717) is 48.4 Å². The van der Waals surface area contributed by atoms with Crippen LogP contribution in [-0.2, 0) is 14.8 Å². The molecule has 1 fully saturated rings. The molecule has 1 aliphatic heterocycles. The Labute approximate surface area is 217 Å². The summed E-state index contributed by atoms with van der Waals surface area (Å²) in [6.07, 6.45) is 1.12. The van der Waals surface area contributed by atoms with E-state index in [4.69, 9.17) is 16.3 Å². The van der Waals surface area contributed by atoms with E-state index in [0.717, 1.165) is 17.5 Å². The Kier molecular flexibility index (Phi) is 7.76. The van der Waals surface area contributed by atoms with Gasteiger partial charge in [0.15, 0.2) is 0 Å². The van der Waals surface area contributed by atoms with E-state index >= 15 is 0 Å². The number of carbonyl (C=O) groups excluding carboxylic acids is 1. The van der Waals surface area contributed by atoms with Crippen LogP contribution >= 0.6 is 11.6 Å². The number of anilines is 2. The number of hydrogen-bond donors (Lipinski definition) is 0. The van der Waals surface area contributed by atoms with Crippen LogP contribution in [-0.4, -0.2) is 57.7 Å². The standard InChI is InChI=1S/C27H30ClN3O4S/c1-20-9-10-22(28)19-26(20)29-15-17-30(18-16-29)27(32)21(2)31(36(3,33)34)23-11-13-25(14-12-23)35-24-7-5-4-6-8-24/h4-14,19,21H,15-18H2,1-3H3/t21-/m0/s1. The SMILES string of the molecule is Cc1ccc(Cl)cc1N1CCN(C(=O)[C@H](C)N(c2ccc(Oc3ccccc3)cc2)S(C)(=O)=O)CC1. The third-order valence-corrected chi connectivity index (χ3v) is 7.72. The van der Waals surface area contributed by atoms with Gasteiger partial charge < -0.3 is 14.5 Å². The maximum atomic E-state index is 13.4. The molecule has 3 aromatic carbocycles. The molecular formula is C27H30ClN3O4S. The Bertz CT molecular complexity index is 1310. The number of carbonyl (C=O) groups is 1. The third kappa shape index (κ3) is 5.94. The molecule has 0 spiro atoms. The van der Waals surface area contributed by atoms with E-state index in [1.165, 1.54) is 4.31 Å². The maximum absolute atomic E-state index is 13.4. The molecule has 0 saturated carbocycles. The fourth-order valence-electron chi connectivity index (χ4n) is 4.44. The van der Waals surface area contributed by atoms with Gasteiger partial charge in [0.05, 0.1) is 11.9 Å². The van der Waals surface area contributed by atoms with Crippen molar-refractivity contribution < 1.29 is 17.9 Å². The number of para-hydroxylation sites is 1. The van der Waals surface area contributed by atoms with E-state index in [1.54, 1.807) is 36.1 Å². The van der Waals surface area contributed by atoms with Gasteiger partial charge in [-0.05, 0) is 67.9 Å². The number of aryl methyl sites for hydroxylation is 1. The summed E-state index contributed by atoms with van der Waals surface area (Å²) >= 11 is 6.18. The fraction of sp³-hybridized carbons (Fsp3) is 0.296. The van der Waals surface area contributed by atoms with Gasteiger partial charge in [0.25, 0.3) is 0 Å². The van der Waals surface area contributed by atoms with Crippen LogP contribution < -0.4 is 13.9 Å². The quantitative estimate of drug-likeness (QED) is 0.435. The van der Waals surface area contributed by atoms with Crippen molar-refractivity contribution >= 4 is 38.9 Å². The second kappa shape index (κ2) is 10.8. The van der Waals surface area contributed by atoms with E-state index < -0.39 is 16.1 Å². The van der Waals surface area contributed by atoms with E-state index in [2.05, 4.69) is 4.90 Å². The normalized spacial score (nSPS) is 14.9. The smallest absolute Gasteiger partial charge is 0.246 e. The molecular weight excluding hydrogens is 498 g/mol. The van der Waals surface area contributed by atoms with Gasteiger partial charge in [-0.3, -0.25) is 9.10 Å². The zero-order valence-corrected chi connectivity index (χ0v) is 22.2. The van der Waals surface area contributed by atoms with Crippen molar-refractivity contribution in [3.05, 3.63) is 83.4 Å². The Morgan fingerprint density at radius 2 is 1.56 bits per heavy atom. The van der Waals surface area contributed by atoms with Crippen LogP contribution in [0.5, 0.6) is 11.5 Å². The zero-order valence-electron chi connectivity index (χ0n) is 20.6. The van der Waals surface area contributed by atoms with E-state index in [9.17, 15) is 13.2 Å². The minimum atomic E-state index is -3.72. The summed E-state index contributed by atoms with van der Waals surface area (Å²) in [6, 6.07) is 20.9. The monoisotopic (exact) mass is 527 g/mol. The van der Waals surface area contributed by atoms with Gasteiger partial charge in [-0.1, -0.05) is 35.9 Å². The minimum Gasteiger partial charge on any atom is -0.457 e. The molecule has 7 nitrogen and oxygen atoms in total. The lowest BCUT2D eigenvalue weighted by Gasteiger charge is -2.39. The number of rotatable bonds is 7. The first-order valence-corrected chi connectivity index (χ1v) is 14.0. The number of benzene rings is 3. The summed E-state index contributed by atoms with van der Waals surface area (Å²) in [5.41, 5.74) is 2.58. The van der Waals surface area contributed by atoms with E-state index in [-0.39, 0.29) is 5.91 Å². The molecule has 1 saturated heterocycles. The van der Waals surface area contributed by atoms with Gasteiger partial charge in [0.1, 0.15) is 17.5 Å². The Morgan fingerprint density at radius 3 is 2.17 bits per heavy atom. The summed E-state index contributed by atoms with van der Waals surface area (Å²) in [6.45, 7) is 5.94. The number of hydrogen-bond acceptors (Lipinski definition) is 5. The topological polar surface area (TPSA) is 70.2 Å². The minimum absolute atomic E-state index is 0.229. The predicted molar refractivity (Wildman–Crippen MR) is 145 cm³/mol. The van der Waals surface area contributed by atoms with Crippen LogP contribution in [0.2, 0.25) is 5.02 Å². The zero-order chi connectivity index (χ0) is 25.9. The van der Waals surface area contributed by atoms with Crippen molar-refractivity contribution in [2.45, 2.75) is 19.9 Å². The molecule has 9 heteroatoms. The average molecular weight is 528 g/mol. The first-order chi connectivity index (χ1) is 17.1. The van der Waals surface area contributed by atoms with Gasteiger partial charge in [-0.2, -0.15) is 0 Å². The lowest BCUT2D eigenvalue weighted by Crippen LogP contribution is -2.55. The van der Waals surface area contributed by atoms with Crippen LogP contribution in [0.4, 0.5) is 11.4 Å². The van der Waals surface area contributed by atoms with Crippen molar-refractivity contribution in [1.82, 2.24) is 4.90 Å². The van der Waals surface area contributed by atoms with Crippen molar-refractivity contribution in [3.63, 3.8) is 0 Å². The maximum Gasteiger partial charge on any atom is 0.246 e. The van der Waals surface area contributed by atoms with Crippen LogP contribution in [0.15, 0.2) is 72.8 Å². The first kappa shape index (κ1) is 25.9. The highest BCUT2D eigenvalue weighted by molar-refractivity contribution is 7.92. The number of amides is 1. The highest BCUT2D eigenvalue weighted by Gasteiger charge is 2.33. The molecule has 0 bridgehead atoms. The van der Waals surface area contributed by atoms with Crippen LogP contribution in [0.3, 0.4) is 0 Å². The molecule has 190 valence electrons. The summed E-state index contributed by atoms with van der Waals surface area (Å²) in [5, 5.41) is 0.673. The average Bonchev–Trinajstić information content (AvgIpc) is 2.86. The molecule has 36 heavy (non-hydrogen) atoms. The number of ether oxygens (including phenoxy) is 1. The molecule has 0 aliphatic carbocycles. The van der Waals surface area contributed by atoms with Gasteiger partial charge in [0, 0.05) is 36.9 Å². The third-order valence-electron chi connectivity index (χ3n) is 6.24. The second-order valence-electron chi connectivity index (χ2n) is 8.89. The highest BCUT2D eigenvalue weighted by atomic mass is 35.5.